The molecular formula is C28H29N5O2. The Morgan fingerprint density at radius 2 is 2.00 bits per heavy atom. The lowest BCUT2D eigenvalue weighted by Gasteiger charge is -2.42. The van der Waals surface area contributed by atoms with Crippen LogP contribution in [0.1, 0.15) is 49.3 Å². The summed E-state index contributed by atoms with van der Waals surface area (Å²) in [5.41, 5.74) is 3.79. The van der Waals surface area contributed by atoms with Crippen LogP contribution in [0.5, 0.6) is 0 Å². The smallest absolute Gasteiger partial charge is 0.225 e. The highest BCUT2D eigenvalue weighted by Crippen LogP contribution is 2.46. The van der Waals surface area contributed by atoms with Crippen LogP contribution in [0.25, 0.3) is 21.9 Å². The molecule has 1 aliphatic heterocycles. The van der Waals surface area contributed by atoms with Crippen LogP contribution < -0.4 is 4.90 Å². The van der Waals surface area contributed by atoms with E-state index >= 15 is 0 Å². The molecular weight excluding hydrogens is 438 g/mol. The van der Waals surface area contributed by atoms with Crippen molar-refractivity contribution in [1.82, 2.24) is 14.9 Å². The third-order valence-corrected chi connectivity index (χ3v) is 7.62. The molecule has 1 aromatic carbocycles. The van der Waals surface area contributed by atoms with Gasteiger partial charge in [-0.15, -0.1) is 0 Å². The Bertz CT molecular complexity index is 1320. The quantitative estimate of drug-likeness (QED) is 0.592. The molecule has 2 saturated carbocycles. The van der Waals surface area contributed by atoms with Gasteiger partial charge < -0.3 is 14.9 Å². The molecule has 0 radical (unpaired) electrons. The van der Waals surface area contributed by atoms with Crippen LogP contribution in [-0.4, -0.2) is 58.2 Å². The molecule has 1 saturated heterocycles. The molecule has 3 fully saturated rings. The summed E-state index contributed by atoms with van der Waals surface area (Å²) in [5.74, 6) is 1.69. The fourth-order valence-corrected chi connectivity index (χ4v) is 5.52. The molecule has 3 heterocycles. The minimum absolute atomic E-state index is 0.0250. The molecule has 0 unspecified atom stereocenters. The van der Waals surface area contributed by atoms with E-state index in [9.17, 15) is 15.2 Å². The van der Waals surface area contributed by atoms with Crippen LogP contribution in [0.3, 0.4) is 0 Å². The number of benzene rings is 1. The van der Waals surface area contributed by atoms with Crippen molar-refractivity contribution in [1.29, 1.82) is 5.26 Å². The molecule has 3 aliphatic rings. The maximum Gasteiger partial charge on any atom is 0.225 e. The molecule has 2 aliphatic carbocycles. The highest BCUT2D eigenvalue weighted by molar-refractivity contribution is 5.97. The van der Waals surface area contributed by atoms with E-state index in [0.717, 1.165) is 59.1 Å². The van der Waals surface area contributed by atoms with E-state index in [-0.39, 0.29) is 25.0 Å². The molecule has 7 heteroatoms. The van der Waals surface area contributed by atoms with E-state index in [4.69, 9.17) is 4.98 Å². The molecule has 6 rings (SSSR count). The maximum absolute atomic E-state index is 12.6. The molecule has 0 spiro atoms. The first-order valence-electron chi connectivity index (χ1n) is 12.6. The van der Waals surface area contributed by atoms with Crippen LogP contribution in [0.4, 0.5) is 5.82 Å². The fraction of sp³-hybridized carbons (Fsp3) is 0.429. The molecule has 0 bridgehead atoms. The molecule has 7 nitrogen and oxygen atoms in total. The Hall–Kier alpha value is -3.50. The van der Waals surface area contributed by atoms with Crippen molar-refractivity contribution in [2.75, 3.05) is 31.1 Å². The number of carbonyl (C=O) groups excluding carboxylic acids is 1. The van der Waals surface area contributed by atoms with Gasteiger partial charge in [-0.05, 0) is 54.7 Å². The van der Waals surface area contributed by atoms with Crippen LogP contribution >= 0.6 is 0 Å². The van der Waals surface area contributed by atoms with Gasteiger partial charge in [0.2, 0.25) is 5.91 Å². The summed E-state index contributed by atoms with van der Waals surface area (Å²) >= 11 is 0. The largest absolute Gasteiger partial charge is 0.396 e. The number of fused-ring (bicyclic) bond motifs is 1. The normalized spacial score (nSPS) is 20.2. The third-order valence-electron chi connectivity index (χ3n) is 7.62. The van der Waals surface area contributed by atoms with Crippen LogP contribution in [-0.2, 0) is 4.79 Å². The summed E-state index contributed by atoms with van der Waals surface area (Å²) in [7, 11) is 0. The van der Waals surface area contributed by atoms with Crippen molar-refractivity contribution in [2.45, 2.75) is 44.1 Å². The second kappa shape index (κ2) is 8.94. The van der Waals surface area contributed by atoms with Crippen LogP contribution in [0, 0.1) is 17.2 Å². The zero-order valence-corrected chi connectivity index (χ0v) is 19.7. The SMILES string of the molecule is N#Cc1cc(-c2cccc3cnccc23)c(C2CC2)nc1N1CCN(C(=O)CCO)[C@H](C2CC2)C1. The molecule has 2 aromatic heterocycles. The highest BCUT2D eigenvalue weighted by Gasteiger charge is 2.41. The Morgan fingerprint density at radius 1 is 1.14 bits per heavy atom. The Labute approximate surface area is 205 Å². The number of aliphatic hydroxyl groups excluding tert-OH is 1. The van der Waals surface area contributed by atoms with Gasteiger partial charge in [0.1, 0.15) is 11.9 Å². The number of carbonyl (C=O) groups is 1. The topological polar surface area (TPSA) is 93.4 Å². The van der Waals surface area contributed by atoms with Crippen molar-refractivity contribution >= 4 is 22.5 Å². The van der Waals surface area contributed by atoms with Gasteiger partial charge in [0.25, 0.3) is 0 Å². The van der Waals surface area contributed by atoms with Crippen molar-refractivity contribution in [3.63, 3.8) is 0 Å². The van der Waals surface area contributed by atoms with Gasteiger partial charge in [0.15, 0.2) is 0 Å². The van der Waals surface area contributed by atoms with Crippen LogP contribution in [0.15, 0.2) is 42.7 Å². The number of amides is 1. The van der Waals surface area contributed by atoms with E-state index in [0.29, 0.717) is 37.0 Å². The monoisotopic (exact) mass is 467 g/mol. The zero-order valence-electron chi connectivity index (χ0n) is 19.7. The van der Waals surface area contributed by atoms with Gasteiger partial charge in [-0.3, -0.25) is 9.78 Å². The first-order valence-corrected chi connectivity index (χ1v) is 12.6. The number of rotatable bonds is 6. The lowest BCUT2D eigenvalue weighted by Crippen LogP contribution is -2.56. The van der Waals surface area contributed by atoms with E-state index in [1.165, 1.54) is 0 Å². The second-order valence-electron chi connectivity index (χ2n) is 9.99. The molecule has 1 amide bonds. The molecule has 1 atom stereocenters. The van der Waals surface area contributed by atoms with Crippen molar-refractivity contribution in [3.05, 3.63) is 54.0 Å². The van der Waals surface area contributed by atoms with Gasteiger partial charge in [-0.25, -0.2) is 4.98 Å². The van der Waals surface area contributed by atoms with Gasteiger partial charge in [-0.1, -0.05) is 18.2 Å². The number of pyridine rings is 2. The average Bonchev–Trinajstić information content (AvgIpc) is 3.81. The van der Waals surface area contributed by atoms with Gasteiger partial charge >= 0.3 is 0 Å². The Morgan fingerprint density at radius 3 is 2.74 bits per heavy atom. The number of aliphatic hydroxyl groups is 1. The fourth-order valence-electron chi connectivity index (χ4n) is 5.52. The number of hydrogen-bond acceptors (Lipinski definition) is 6. The first kappa shape index (κ1) is 22.0. The average molecular weight is 468 g/mol. The van der Waals surface area contributed by atoms with E-state index in [2.05, 4.69) is 28.1 Å². The number of anilines is 1. The first-order chi connectivity index (χ1) is 17.2. The van der Waals surface area contributed by atoms with E-state index < -0.39 is 0 Å². The molecule has 178 valence electrons. The predicted molar refractivity (Wildman–Crippen MR) is 134 cm³/mol. The van der Waals surface area contributed by atoms with Gasteiger partial charge in [0, 0.05) is 55.3 Å². The van der Waals surface area contributed by atoms with Gasteiger partial charge in [-0.2, -0.15) is 5.26 Å². The van der Waals surface area contributed by atoms with Gasteiger partial charge in [0.05, 0.1) is 23.9 Å². The molecule has 3 aromatic rings. The van der Waals surface area contributed by atoms with Crippen molar-refractivity contribution in [2.24, 2.45) is 5.92 Å². The zero-order chi connectivity index (χ0) is 23.9. The predicted octanol–water partition coefficient (Wildman–Crippen LogP) is 3.86. The Balaban J connectivity index is 1.40. The minimum Gasteiger partial charge on any atom is -0.396 e. The third kappa shape index (κ3) is 4.12. The number of piperazine rings is 1. The summed E-state index contributed by atoms with van der Waals surface area (Å²) < 4.78 is 0. The van der Waals surface area contributed by atoms with Crippen molar-refractivity contribution in [3.8, 4) is 17.2 Å². The number of nitrogens with zero attached hydrogens (tertiary/aromatic N) is 5. The number of hydrogen-bond donors (Lipinski definition) is 1. The van der Waals surface area contributed by atoms with E-state index in [1.807, 2.05) is 35.5 Å². The summed E-state index contributed by atoms with van der Waals surface area (Å²) in [6.07, 6.45) is 8.34. The number of nitriles is 1. The summed E-state index contributed by atoms with van der Waals surface area (Å²) in [4.78, 5) is 26.3. The highest BCUT2D eigenvalue weighted by atomic mass is 16.3. The van der Waals surface area contributed by atoms with Crippen molar-refractivity contribution < 1.29 is 9.90 Å². The standard InChI is InChI=1S/C28H29N5O2/c29-15-21-14-24(23-3-1-2-20-16-30-10-8-22(20)23)27(19-6-7-19)31-28(21)32-11-12-33(26(35)9-13-34)25(17-32)18-4-5-18/h1-3,8,10,14,16,18-19,25,34H,4-7,9,11-13,17H2/t25-/m0/s1. The minimum atomic E-state index is -0.118. The summed E-state index contributed by atoms with van der Waals surface area (Å²) in [6.45, 7) is 1.81. The molecule has 35 heavy (non-hydrogen) atoms. The second-order valence-corrected chi connectivity index (χ2v) is 9.99. The lowest BCUT2D eigenvalue weighted by atomic mass is 9.95. The maximum atomic E-state index is 12.6. The number of aromatic nitrogens is 2. The van der Waals surface area contributed by atoms with E-state index in [1.54, 1.807) is 0 Å². The molecule has 1 N–H and O–H groups in total. The summed E-state index contributed by atoms with van der Waals surface area (Å²) in [6, 6.07) is 12.8. The lowest BCUT2D eigenvalue weighted by molar-refractivity contribution is -0.135. The van der Waals surface area contributed by atoms with Crippen LogP contribution in [0.2, 0.25) is 0 Å². The Kier molecular flexibility index (Phi) is 5.62. The summed E-state index contributed by atoms with van der Waals surface area (Å²) in [5, 5.41) is 21.6.